The first-order chi connectivity index (χ1) is 12.8. The maximum Gasteiger partial charge on any atom is 0.355 e. The number of carbonyl (C=O) groups excluding carboxylic acids is 2. The van der Waals surface area contributed by atoms with Gasteiger partial charge in [-0.05, 0) is 52.3 Å². The number of amides is 1. The number of primary amides is 1. The summed E-state index contributed by atoms with van der Waals surface area (Å²) in [7, 11) is 0. The second kappa shape index (κ2) is 7.60. The van der Waals surface area contributed by atoms with Crippen molar-refractivity contribution in [2.24, 2.45) is 5.73 Å². The van der Waals surface area contributed by atoms with Crippen LogP contribution >= 0.6 is 0 Å². The molecule has 27 heavy (non-hydrogen) atoms. The van der Waals surface area contributed by atoms with Crippen LogP contribution in [-0.4, -0.2) is 53.1 Å². The molecular weight excluding hydrogens is 346 g/mol. The molecule has 2 aromatic rings. The number of ether oxygens (including phenoxy) is 2. The second-order valence-corrected chi connectivity index (χ2v) is 7.52. The van der Waals surface area contributed by atoms with Crippen LogP contribution in [0.2, 0.25) is 0 Å². The Bertz CT molecular complexity index is 856. The van der Waals surface area contributed by atoms with Gasteiger partial charge in [0.05, 0.1) is 11.7 Å². The summed E-state index contributed by atoms with van der Waals surface area (Å²) in [5, 5.41) is 0.564. The third-order valence-corrected chi connectivity index (χ3v) is 4.77. The van der Waals surface area contributed by atoms with Gasteiger partial charge in [-0.15, -0.1) is 0 Å². The molecule has 1 aliphatic heterocycles. The number of esters is 1. The first-order valence-electron chi connectivity index (χ1n) is 9.33. The van der Waals surface area contributed by atoms with Gasteiger partial charge < -0.3 is 20.2 Å². The first-order valence-corrected chi connectivity index (χ1v) is 9.33. The van der Waals surface area contributed by atoms with E-state index in [1.54, 1.807) is 26.0 Å². The van der Waals surface area contributed by atoms with E-state index in [1.165, 1.54) is 0 Å². The number of aromatic amines is 1. The average Bonchev–Trinajstić information content (AvgIpc) is 3.18. The van der Waals surface area contributed by atoms with Crippen LogP contribution in [-0.2, 0) is 4.74 Å². The fourth-order valence-corrected chi connectivity index (χ4v) is 3.44. The molecule has 3 rings (SSSR count). The molecule has 0 aliphatic carbocycles. The Labute approximate surface area is 158 Å². The molecule has 1 aliphatic rings. The number of hydrogen-bond acceptors (Lipinski definition) is 5. The van der Waals surface area contributed by atoms with Crippen LogP contribution in [0.3, 0.4) is 0 Å². The van der Waals surface area contributed by atoms with Crippen molar-refractivity contribution in [3.63, 3.8) is 0 Å². The number of hydrogen-bond donors (Lipinski definition) is 2. The van der Waals surface area contributed by atoms with Crippen LogP contribution in [0.1, 0.15) is 55.0 Å². The van der Waals surface area contributed by atoms with E-state index in [4.69, 9.17) is 15.2 Å². The Morgan fingerprint density at radius 2 is 2.00 bits per heavy atom. The Morgan fingerprint density at radius 1 is 1.26 bits per heavy atom. The maximum absolute atomic E-state index is 12.3. The molecule has 7 nitrogen and oxygen atoms in total. The number of carbonyl (C=O) groups is 2. The molecule has 0 saturated carbocycles. The number of fused-ring (bicyclic) bond motifs is 1. The number of aromatic nitrogens is 1. The van der Waals surface area contributed by atoms with Gasteiger partial charge in [0.1, 0.15) is 17.5 Å². The van der Waals surface area contributed by atoms with Crippen molar-refractivity contribution in [3.05, 3.63) is 29.5 Å². The minimum atomic E-state index is -0.680. The van der Waals surface area contributed by atoms with Gasteiger partial charge in [0, 0.05) is 30.0 Å². The van der Waals surface area contributed by atoms with Gasteiger partial charge in [-0.1, -0.05) is 0 Å². The SMILES string of the molecule is CC(C)OC(=O)c1[nH]c2ccc(OC3CCN(C(C)C)C3)cc2c1C(N)=O. The molecule has 0 spiro atoms. The zero-order valence-electron chi connectivity index (χ0n) is 16.2. The van der Waals surface area contributed by atoms with Gasteiger partial charge in [0.25, 0.3) is 5.91 Å². The predicted molar refractivity (Wildman–Crippen MR) is 103 cm³/mol. The number of rotatable bonds is 6. The standard InChI is InChI=1S/C20H27N3O4/c1-11(2)23-8-7-14(10-23)27-13-5-6-16-15(9-13)17(19(21)24)18(22-16)20(25)26-12(3)4/h5-6,9,11-12,14,22H,7-8,10H2,1-4H3,(H2,21,24). The summed E-state index contributed by atoms with van der Waals surface area (Å²) in [5.41, 5.74) is 6.40. The van der Waals surface area contributed by atoms with E-state index in [1.807, 2.05) is 6.07 Å². The molecule has 1 amide bonds. The lowest BCUT2D eigenvalue weighted by molar-refractivity contribution is 0.0369. The summed E-state index contributed by atoms with van der Waals surface area (Å²) in [6.45, 7) is 9.72. The highest BCUT2D eigenvalue weighted by Crippen LogP contribution is 2.29. The van der Waals surface area contributed by atoms with Crippen LogP contribution in [0.5, 0.6) is 5.75 Å². The van der Waals surface area contributed by atoms with Gasteiger partial charge >= 0.3 is 5.97 Å². The molecule has 7 heteroatoms. The van der Waals surface area contributed by atoms with Gasteiger partial charge in [0.15, 0.2) is 0 Å². The van der Waals surface area contributed by atoms with Crippen molar-refractivity contribution in [3.8, 4) is 5.75 Å². The highest BCUT2D eigenvalue weighted by atomic mass is 16.5. The fraction of sp³-hybridized carbons (Fsp3) is 0.500. The summed E-state index contributed by atoms with van der Waals surface area (Å²) in [5.74, 6) is -0.620. The van der Waals surface area contributed by atoms with Crippen LogP contribution in [0.4, 0.5) is 0 Å². The van der Waals surface area contributed by atoms with Crippen LogP contribution in [0.15, 0.2) is 18.2 Å². The Balaban J connectivity index is 1.89. The monoisotopic (exact) mass is 373 g/mol. The van der Waals surface area contributed by atoms with Gasteiger partial charge in [-0.25, -0.2) is 4.79 Å². The van der Waals surface area contributed by atoms with E-state index < -0.39 is 11.9 Å². The summed E-state index contributed by atoms with van der Waals surface area (Å²) in [6.07, 6.45) is 0.763. The molecule has 146 valence electrons. The lowest BCUT2D eigenvalue weighted by atomic mass is 10.1. The molecule has 1 aromatic heterocycles. The molecule has 1 fully saturated rings. The lowest BCUT2D eigenvalue weighted by Crippen LogP contribution is -2.30. The van der Waals surface area contributed by atoms with E-state index in [0.29, 0.717) is 22.7 Å². The van der Waals surface area contributed by atoms with Gasteiger partial charge in [-0.2, -0.15) is 0 Å². The van der Waals surface area contributed by atoms with E-state index in [2.05, 4.69) is 23.7 Å². The minimum absolute atomic E-state index is 0.0789. The summed E-state index contributed by atoms with van der Waals surface area (Å²) < 4.78 is 11.3. The second-order valence-electron chi connectivity index (χ2n) is 7.52. The van der Waals surface area contributed by atoms with Crippen molar-refractivity contribution < 1.29 is 19.1 Å². The average molecular weight is 373 g/mol. The van der Waals surface area contributed by atoms with Crippen molar-refractivity contribution in [2.75, 3.05) is 13.1 Å². The van der Waals surface area contributed by atoms with Crippen molar-refractivity contribution >= 4 is 22.8 Å². The highest BCUT2D eigenvalue weighted by molar-refractivity contribution is 6.14. The normalized spacial score (nSPS) is 17.8. The largest absolute Gasteiger partial charge is 0.489 e. The first kappa shape index (κ1) is 19.2. The zero-order valence-corrected chi connectivity index (χ0v) is 16.2. The molecule has 3 N–H and O–H groups in total. The van der Waals surface area contributed by atoms with Gasteiger partial charge in [-0.3, -0.25) is 9.69 Å². The molecule has 1 aromatic carbocycles. The van der Waals surface area contributed by atoms with E-state index in [9.17, 15) is 9.59 Å². The van der Waals surface area contributed by atoms with Crippen LogP contribution < -0.4 is 10.5 Å². The maximum atomic E-state index is 12.3. The summed E-state index contributed by atoms with van der Waals surface area (Å²) in [6, 6.07) is 5.87. The quantitative estimate of drug-likeness (QED) is 0.759. The van der Waals surface area contributed by atoms with Gasteiger partial charge in [0.2, 0.25) is 0 Å². The Morgan fingerprint density at radius 3 is 2.59 bits per heavy atom. The Kier molecular flexibility index (Phi) is 5.41. The number of nitrogens with one attached hydrogen (secondary N) is 1. The fourth-order valence-electron chi connectivity index (χ4n) is 3.44. The third-order valence-electron chi connectivity index (χ3n) is 4.77. The van der Waals surface area contributed by atoms with E-state index in [-0.39, 0.29) is 23.5 Å². The topological polar surface area (TPSA) is 97.7 Å². The molecule has 1 unspecified atom stereocenters. The van der Waals surface area contributed by atoms with E-state index >= 15 is 0 Å². The molecule has 0 bridgehead atoms. The minimum Gasteiger partial charge on any atom is -0.489 e. The van der Waals surface area contributed by atoms with Crippen molar-refractivity contribution in [1.29, 1.82) is 0 Å². The molecule has 0 radical (unpaired) electrons. The van der Waals surface area contributed by atoms with Crippen LogP contribution in [0, 0.1) is 0 Å². The highest BCUT2D eigenvalue weighted by Gasteiger charge is 2.27. The van der Waals surface area contributed by atoms with Crippen molar-refractivity contribution in [2.45, 2.75) is 52.4 Å². The molecule has 1 atom stereocenters. The molecule has 1 saturated heterocycles. The number of benzene rings is 1. The summed E-state index contributed by atoms with van der Waals surface area (Å²) >= 11 is 0. The lowest BCUT2D eigenvalue weighted by Gasteiger charge is -2.20. The molecule has 2 heterocycles. The number of nitrogens with two attached hydrogens (primary N) is 1. The number of likely N-dealkylation sites (tertiary alicyclic amines) is 1. The summed E-state index contributed by atoms with van der Waals surface area (Å²) in [4.78, 5) is 29.6. The smallest absolute Gasteiger partial charge is 0.355 e. The van der Waals surface area contributed by atoms with Crippen LogP contribution in [0.25, 0.3) is 10.9 Å². The van der Waals surface area contributed by atoms with E-state index in [0.717, 1.165) is 19.5 Å². The third kappa shape index (κ3) is 4.08. The Hall–Kier alpha value is -2.54. The number of H-pyrrole nitrogens is 1. The molecular formula is C20H27N3O4. The van der Waals surface area contributed by atoms with Crippen molar-refractivity contribution in [1.82, 2.24) is 9.88 Å². The number of nitrogens with zero attached hydrogens (tertiary/aromatic N) is 1. The zero-order chi connectivity index (χ0) is 19.7. The predicted octanol–water partition coefficient (Wildman–Crippen LogP) is 2.69.